The zero-order valence-corrected chi connectivity index (χ0v) is 71.4. The van der Waals surface area contributed by atoms with Gasteiger partial charge in [-0.25, -0.2) is 13.0 Å². The number of halogens is 1. The molecule has 22 heteroatoms. The van der Waals surface area contributed by atoms with Gasteiger partial charge in [0.25, 0.3) is 0 Å². The van der Waals surface area contributed by atoms with E-state index in [1.807, 2.05) is 56.6 Å². The number of hydrogen-bond donors (Lipinski definition) is 4. The van der Waals surface area contributed by atoms with E-state index in [4.69, 9.17) is 38.0 Å². The molecule has 658 valence electrons. The Morgan fingerprint density at radius 3 is 1.37 bits per heavy atom. The molecule has 0 spiro atoms. The average molecular weight is 1670 g/mol. The van der Waals surface area contributed by atoms with Crippen molar-refractivity contribution in [2.75, 3.05) is 20.2 Å². The zero-order valence-electron chi connectivity index (χ0n) is 67.8. The zero-order chi connectivity index (χ0) is 80.5. The second-order valence-corrected chi connectivity index (χ2v) is 29.8. The molecule has 0 radical (unpaired) electrons. The summed E-state index contributed by atoms with van der Waals surface area (Å²) < 4.78 is 48.2. The van der Waals surface area contributed by atoms with Gasteiger partial charge in [-0.2, -0.15) is 0 Å². The fourth-order valence-corrected chi connectivity index (χ4v) is 11.6. The number of aryl methyl sites for hydroxylation is 1. The van der Waals surface area contributed by atoms with Crippen molar-refractivity contribution >= 4 is 63.3 Å². The van der Waals surface area contributed by atoms with Gasteiger partial charge in [0.2, 0.25) is 0 Å². The molecular formula is C93H163ClN4NaO15S+. The number of benzene rings is 3. The van der Waals surface area contributed by atoms with E-state index in [0.29, 0.717) is 54.1 Å². The van der Waals surface area contributed by atoms with E-state index < -0.39 is 34.0 Å². The number of nitrogens with two attached hydrogens (primary N) is 2. The number of pyridine rings is 2. The summed E-state index contributed by atoms with van der Waals surface area (Å²) in [5, 5.41) is 16.8. The number of Topliss-reactive ketones (excluding diaryl/α,β-unsaturated/α-hetero) is 1. The molecule has 0 bridgehead atoms. The fraction of sp³-hybridized carbons (Fsp3) is 0.624. The maximum atomic E-state index is 11.5. The minimum Gasteiger partial charge on any atom is -0.744 e. The quantitative estimate of drug-likeness (QED) is 0.00577. The Kier molecular flexibility index (Phi) is 83.7. The number of aliphatic carboxylic acids is 2. The molecule has 2 aromatic heterocycles. The van der Waals surface area contributed by atoms with Crippen molar-refractivity contribution in [3.05, 3.63) is 161 Å². The molecule has 19 nitrogen and oxygen atoms in total. The molecule has 115 heavy (non-hydrogen) atoms. The van der Waals surface area contributed by atoms with E-state index >= 15 is 0 Å². The molecule has 2 aliphatic heterocycles. The fourth-order valence-electron chi connectivity index (χ4n) is 11.0. The number of cyclic esters (lactones) is 4. The third-order valence-corrected chi connectivity index (χ3v) is 21.1. The first-order valence-corrected chi connectivity index (χ1v) is 40.2. The van der Waals surface area contributed by atoms with E-state index in [0.717, 1.165) is 95.8 Å². The first-order valence-electron chi connectivity index (χ1n) is 38.2. The number of methoxy groups -OCH3 is 1. The Balaban J connectivity index is -0.000000140. The van der Waals surface area contributed by atoms with E-state index in [9.17, 15) is 46.5 Å². The number of ketones is 1. The van der Waals surface area contributed by atoms with Crippen LogP contribution in [0.25, 0.3) is 0 Å². The van der Waals surface area contributed by atoms with Gasteiger partial charge < -0.3 is 40.4 Å². The van der Waals surface area contributed by atoms with Crippen molar-refractivity contribution in [3.8, 4) is 0 Å². The Hall–Kier alpha value is -6.07. The van der Waals surface area contributed by atoms with Crippen molar-refractivity contribution in [3.63, 3.8) is 0 Å². The van der Waals surface area contributed by atoms with Crippen molar-refractivity contribution in [1.82, 2.24) is 4.98 Å². The number of carboxylic acids is 2. The second-order valence-electron chi connectivity index (χ2n) is 28.1. The third kappa shape index (κ3) is 54.6. The van der Waals surface area contributed by atoms with Crippen LogP contribution in [0.1, 0.15) is 336 Å². The van der Waals surface area contributed by atoms with Crippen LogP contribution < -0.4 is 45.6 Å². The molecule has 2 aliphatic rings. The molecule has 0 aliphatic carbocycles. The van der Waals surface area contributed by atoms with Crippen LogP contribution in [0.2, 0.25) is 0 Å². The van der Waals surface area contributed by atoms with Gasteiger partial charge in [0.1, 0.15) is 22.4 Å². The van der Waals surface area contributed by atoms with Gasteiger partial charge in [-0.1, -0.05) is 236 Å². The first kappa shape index (κ1) is 130. The molecule has 7 rings (SSSR count). The van der Waals surface area contributed by atoms with Crippen molar-refractivity contribution in [2.24, 2.45) is 52.9 Å². The Morgan fingerprint density at radius 1 is 0.565 bits per heavy atom. The SMILES string of the molecule is C.C.C.C.C.C.C.C.CC(CC1C(=O)OC(=O)C1C)c1ccccc1.CCC(C)C(=O)O.CCC(C)CN.CCC(C)c1ccc(CCl)cc1.CCC(C)c1ccc(S(=O)(=O)[O-])cc1.CCC(CC(C)c1ccncc1)c1cc[n+](CCCCCC(=O)O)cc1.CCC(CCCCN)C(C)=O.COC(C)CC1C(=O)OC(=O)C1C.[Na+]. The largest absolute Gasteiger partial charge is 1.00 e. The van der Waals surface area contributed by atoms with E-state index in [2.05, 4.69) is 149 Å². The Bertz CT molecular complexity index is 3350. The number of hydrogen-bond acceptors (Lipinski definition) is 16. The summed E-state index contributed by atoms with van der Waals surface area (Å²) in [5.74, 6) is -0.139. The molecular weight excluding hydrogens is 1500 g/mol. The first-order chi connectivity index (χ1) is 50.2. The van der Waals surface area contributed by atoms with Crippen molar-refractivity contribution < 1.29 is 105 Å². The number of carboxylic acid groups (broad SMARTS) is 2. The number of unbranched alkanes of at least 4 members (excludes halogenated alkanes) is 3. The van der Waals surface area contributed by atoms with Gasteiger partial charge in [-0.05, 0) is 197 Å². The molecule has 13 atom stereocenters. The summed E-state index contributed by atoms with van der Waals surface area (Å²) in [6, 6.07) is 33.4. The van der Waals surface area contributed by atoms with Gasteiger partial charge in [0, 0.05) is 56.3 Å². The van der Waals surface area contributed by atoms with Gasteiger partial charge in [-0.3, -0.25) is 38.5 Å². The predicted octanol–water partition coefficient (Wildman–Crippen LogP) is 19.9. The predicted molar refractivity (Wildman–Crippen MR) is 476 cm³/mol. The summed E-state index contributed by atoms with van der Waals surface area (Å²) in [7, 11) is -2.72. The molecule has 6 N–H and O–H groups in total. The average Bonchev–Trinajstić information content (AvgIpc) is 1.75. The van der Waals surface area contributed by atoms with Crippen LogP contribution >= 0.6 is 11.6 Å². The van der Waals surface area contributed by atoms with Gasteiger partial charge >= 0.3 is 65.4 Å². The monoisotopic (exact) mass is 1670 g/mol. The van der Waals surface area contributed by atoms with Crippen molar-refractivity contribution in [1.29, 1.82) is 0 Å². The summed E-state index contributed by atoms with van der Waals surface area (Å²) >= 11 is 5.69. The number of carbonyl (C=O) groups excluding carboxylic acids is 5. The molecule has 5 aromatic rings. The molecule has 3 aromatic carbocycles. The summed E-state index contributed by atoms with van der Waals surface area (Å²) in [4.78, 5) is 80.3. The van der Waals surface area contributed by atoms with Gasteiger partial charge in [0.05, 0.1) is 40.6 Å². The van der Waals surface area contributed by atoms with Crippen molar-refractivity contribution in [2.45, 2.75) is 326 Å². The molecule has 2 fully saturated rings. The maximum absolute atomic E-state index is 11.5. The number of alkyl halides is 1. The number of carbonyl (C=O) groups is 7. The van der Waals surface area contributed by atoms with Crippen LogP contribution in [-0.2, 0) is 70.3 Å². The molecule has 0 amide bonds. The molecule has 2 saturated heterocycles. The minimum atomic E-state index is -4.30. The summed E-state index contributed by atoms with van der Waals surface area (Å²) in [6.07, 6.45) is 22.8. The number of aromatic nitrogens is 2. The topological polar surface area (TPSA) is 314 Å². The number of rotatable bonds is 33. The molecule has 4 heterocycles. The van der Waals surface area contributed by atoms with E-state index in [1.54, 1.807) is 46.9 Å². The van der Waals surface area contributed by atoms with Crippen LogP contribution in [0.15, 0.2) is 133 Å². The minimum absolute atomic E-state index is 0. The van der Waals surface area contributed by atoms with Crippen LogP contribution in [0.3, 0.4) is 0 Å². The van der Waals surface area contributed by atoms with E-state index in [-0.39, 0.29) is 160 Å². The molecule has 13 unspecified atom stereocenters. The van der Waals surface area contributed by atoms with E-state index in [1.165, 1.54) is 52.8 Å². The van der Waals surface area contributed by atoms with Crippen LogP contribution in [0, 0.1) is 41.4 Å². The second kappa shape index (κ2) is 74.2. The van der Waals surface area contributed by atoms with Crippen LogP contribution in [0.4, 0.5) is 0 Å². The van der Waals surface area contributed by atoms with Crippen LogP contribution in [-0.4, -0.2) is 96.1 Å². The van der Waals surface area contributed by atoms with Crippen LogP contribution in [0.5, 0.6) is 0 Å². The number of nitrogens with zero attached hydrogens (tertiary/aromatic N) is 2. The normalized spacial score (nSPS) is 16.1. The summed E-state index contributed by atoms with van der Waals surface area (Å²) in [5.41, 5.74) is 18.2. The summed E-state index contributed by atoms with van der Waals surface area (Å²) in [6.45, 7) is 34.6. The van der Waals surface area contributed by atoms with Gasteiger partial charge in [0.15, 0.2) is 12.4 Å². The Morgan fingerprint density at radius 2 is 1.03 bits per heavy atom. The Labute approximate surface area is 728 Å². The smallest absolute Gasteiger partial charge is 0.744 e. The standard InChI is InChI=1S/C22H30N2O2.C14H16O3.C11H15Cl.C10H14O3S.C9H19NO.C9H14O4.C5H13N.C5H10O2.8CH4.Na/c1-3-19(17-18(2)20-8-12-23-13-9-20)21-10-15-24(16-11-21)14-6-4-5-7-22(25)26;1-9(11-6-4-3-5-7-11)8-12-10(2)13(15)17-14(12)16;1-3-9(2)11-6-4-10(8-12)5-7-11;1-3-8(2)9-4-6-10(7-5-9)14(11,12)13;1-3-9(8(2)11)6-4-5-7-10;1-5(12-3)4-7-6(2)8(10)13-9(7)11;1-3-5(2)4-6;1-3-4(2)5(6)7;;;;;;;;;/h8-13,15-16,18-19H,3-7,14,17H2,1-2H3;3-7,9-10,12H,8H2,1-2H3;4-7,9H,3,8H2,1-2H3;4-8H,3H2,1-2H3,(H,11,12,13);9H,3-7,10H2,1-2H3;5-7H,4H2,1-3H3;5H,3-4,6H2,1-2H3;4H,3H2,1-2H3,(H,6,7);8*1H4;/q;;;;;;;;;;;;;;;;+1. The number of esters is 4. The maximum Gasteiger partial charge on any atom is 1.00 e. The number of ether oxygens (including phenoxy) is 3. The van der Waals surface area contributed by atoms with Gasteiger partial charge in [-0.15, -0.1) is 11.6 Å². The molecule has 0 saturated carbocycles. The third-order valence-electron chi connectivity index (χ3n) is 19.9.